The second kappa shape index (κ2) is 6.93. The molecule has 0 bridgehead atoms. The Morgan fingerprint density at radius 3 is 2.30 bits per heavy atom. The second-order valence-corrected chi connectivity index (χ2v) is 8.99. The molecule has 2 saturated heterocycles. The van der Waals surface area contributed by atoms with E-state index in [2.05, 4.69) is 5.10 Å². The van der Waals surface area contributed by atoms with Crippen molar-refractivity contribution in [3.8, 4) is 0 Å². The fourth-order valence-corrected chi connectivity index (χ4v) is 4.11. The summed E-state index contributed by atoms with van der Waals surface area (Å²) >= 11 is 0. The van der Waals surface area contributed by atoms with E-state index in [1.165, 1.54) is 10.9 Å². The van der Waals surface area contributed by atoms with E-state index in [1.807, 2.05) is 0 Å². The van der Waals surface area contributed by atoms with Gasteiger partial charge in [-0.15, -0.1) is 0 Å². The minimum Gasteiger partial charge on any atom is -0.399 e. The number of ether oxygens (including phenoxy) is 1. The Labute approximate surface area is 172 Å². The predicted molar refractivity (Wildman–Crippen MR) is 104 cm³/mol. The van der Waals surface area contributed by atoms with Crippen molar-refractivity contribution in [3.63, 3.8) is 0 Å². The molecule has 1 aromatic carbocycles. The van der Waals surface area contributed by atoms with Crippen LogP contribution in [0.2, 0.25) is 0 Å². The lowest BCUT2D eigenvalue weighted by Gasteiger charge is -2.32. The summed E-state index contributed by atoms with van der Waals surface area (Å²) in [6.07, 6.45) is -1.69. The first-order chi connectivity index (χ1) is 13.8. The maximum Gasteiger partial charge on any atom is 0.496 e. The monoisotopic (exact) mass is 428 g/mol. The Bertz CT molecular complexity index is 965. The van der Waals surface area contributed by atoms with E-state index in [0.717, 1.165) is 19.8 Å². The molecule has 2 fully saturated rings. The van der Waals surface area contributed by atoms with Gasteiger partial charge in [0.25, 0.3) is 0 Å². The SMILES string of the molecule is Cc1c(C(F)(F)F)c(B2OC(C)(C)C(C)(C)O2)c2cnn(C3CCCCO3)c2c1F. The molecule has 3 heterocycles. The Morgan fingerprint density at radius 2 is 1.77 bits per heavy atom. The fourth-order valence-electron chi connectivity index (χ4n) is 4.11. The second-order valence-electron chi connectivity index (χ2n) is 8.99. The van der Waals surface area contributed by atoms with Crippen molar-refractivity contribution in [2.45, 2.75) is 77.5 Å². The summed E-state index contributed by atoms with van der Waals surface area (Å²) in [5, 5.41) is 4.25. The topological polar surface area (TPSA) is 45.5 Å². The van der Waals surface area contributed by atoms with Gasteiger partial charge in [-0.05, 0) is 59.4 Å². The molecular weight excluding hydrogens is 403 g/mol. The molecular formula is C20H25BF4N2O3. The Hall–Kier alpha value is -1.65. The van der Waals surface area contributed by atoms with E-state index < -0.39 is 47.7 Å². The maximum atomic E-state index is 15.3. The Balaban J connectivity index is 1.98. The third-order valence-corrected chi connectivity index (χ3v) is 6.47. The van der Waals surface area contributed by atoms with Gasteiger partial charge in [0, 0.05) is 17.5 Å². The number of fused-ring (bicyclic) bond motifs is 1. The van der Waals surface area contributed by atoms with Gasteiger partial charge < -0.3 is 14.0 Å². The van der Waals surface area contributed by atoms with Crippen molar-refractivity contribution >= 4 is 23.5 Å². The molecule has 0 saturated carbocycles. The first kappa shape index (κ1) is 21.6. The quantitative estimate of drug-likeness (QED) is 0.522. The van der Waals surface area contributed by atoms with E-state index in [0.29, 0.717) is 13.0 Å². The number of alkyl halides is 3. The highest BCUT2D eigenvalue weighted by atomic mass is 19.4. The van der Waals surface area contributed by atoms with E-state index in [4.69, 9.17) is 14.0 Å². The van der Waals surface area contributed by atoms with Gasteiger partial charge >= 0.3 is 13.3 Å². The third-order valence-electron chi connectivity index (χ3n) is 6.47. The van der Waals surface area contributed by atoms with Crippen LogP contribution in [0.1, 0.15) is 64.3 Å². The summed E-state index contributed by atoms with van der Waals surface area (Å²) < 4.78 is 76.5. The molecule has 0 amide bonds. The zero-order chi connectivity index (χ0) is 22.1. The number of rotatable bonds is 2. The van der Waals surface area contributed by atoms with Gasteiger partial charge in [-0.2, -0.15) is 18.3 Å². The highest BCUT2D eigenvalue weighted by molar-refractivity contribution is 6.65. The molecule has 10 heteroatoms. The third kappa shape index (κ3) is 3.24. The lowest BCUT2D eigenvalue weighted by Crippen LogP contribution is -2.41. The van der Waals surface area contributed by atoms with Crippen molar-refractivity contribution in [1.82, 2.24) is 9.78 Å². The van der Waals surface area contributed by atoms with Crippen LogP contribution in [-0.2, 0) is 20.2 Å². The van der Waals surface area contributed by atoms with E-state index in [1.54, 1.807) is 27.7 Å². The molecule has 2 aliphatic heterocycles. The largest absolute Gasteiger partial charge is 0.496 e. The normalized spacial score (nSPS) is 24.0. The number of nitrogens with zero attached hydrogens (tertiary/aromatic N) is 2. The standard InChI is InChI=1S/C20H25BF4N2O3/c1-11-14(20(23,24)25)15(21-29-18(2,3)19(4,5)30-21)12-10-26-27(17(12)16(11)22)13-8-6-7-9-28-13/h10,13H,6-9H2,1-5H3. The molecule has 5 nitrogen and oxygen atoms in total. The summed E-state index contributed by atoms with van der Waals surface area (Å²) in [6.45, 7) is 8.66. The first-order valence-corrected chi connectivity index (χ1v) is 10.1. The van der Waals surface area contributed by atoms with Crippen molar-refractivity contribution in [3.05, 3.63) is 23.1 Å². The van der Waals surface area contributed by atoms with Gasteiger partial charge in [0.2, 0.25) is 0 Å². The molecule has 1 unspecified atom stereocenters. The average molecular weight is 428 g/mol. The number of benzene rings is 1. The molecule has 0 spiro atoms. The number of hydrogen-bond acceptors (Lipinski definition) is 4. The number of aromatic nitrogens is 2. The zero-order valence-electron chi connectivity index (χ0n) is 17.7. The summed E-state index contributed by atoms with van der Waals surface area (Å²) in [4.78, 5) is 0. The van der Waals surface area contributed by atoms with Crippen molar-refractivity contribution < 1.29 is 31.6 Å². The number of halogens is 4. The summed E-state index contributed by atoms with van der Waals surface area (Å²) in [7, 11) is -1.31. The van der Waals surface area contributed by atoms with Crippen molar-refractivity contribution in [2.75, 3.05) is 6.61 Å². The van der Waals surface area contributed by atoms with Crippen molar-refractivity contribution in [2.24, 2.45) is 0 Å². The summed E-state index contributed by atoms with van der Waals surface area (Å²) in [5.41, 5.74) is -3.53. The molecule has 1 aromatic heterocycles. The van der Waals surface area contributed by atoms with E-state index >= 15 is 4.39 Å². The molecule has 0 aliphatic carbocycles. The zero-order valence-corrected chi connectivity index (χ0v) is 17.7. The molecule has 1 atom stereocenters. The number of hydrogen-bond donors (Lipinski definition) is 0. The van der Waals surface area contributed by atoms with Crippen LogP contribution in [0.15, 0.2) is 6.20 Å². The Morgan fingerprint density at radius 1 is 1.13 bits per heavy atom. The van der Waals surface area contributed by atoms with Crippen LogP contribution in [-0.4, -0.2) is 34.7 Å². The van der Waals surface area contributed by atoms with Crippen LogP contribution < -0.4 is 5.46 Å². The lowest BCUT2D eigenvalue weighted by atomic mass is 9.72. The minimum atomic E-state index is -4.79. The Kier molecular flexibility index (Phi) is 4.99. The van der Waals surface area contributed by atoms with Gasteiger partial charge in [0.05, 0.1) is 23.0 Å². The fraction of sp³-hybridized carbons (Fsp3) is 0.650. The molecule has 164 valence electrons. The maximum absolute atomic E-state index is 15.3. The molecule has 2 aliphatic rings. The van der Waals surface area contributed by atoms with Crippen LogP contribution in [0.4, 0.5) is 17.6 Å². The van der Waals surface area contributed by atoms with E-state index in [-0.39, 0.29) is 16.4 Å². The van der Waals surface area contributed by atoms with Gasteiger partial charge in [-0.25, -0.2) is 9.07 Å². The van der Waals surface area contributed by atoms with Gasteiger partial charge in [0.15, 0.2) is 12.0 Å². The highest BCUT2D eigenvalue weighted by Crippen LogP contribution is 2.41. The smallest absolute Gasteiger partial charge is 0.399 e. The van der Waals surface area contributed by atoms with Crippen LogP contribution in [0.3, 0.4) is 0 Å². The van der Waals surface area contributed by atoms with Crippen molar-refractivity contribution in [1.29, 1.82) is 0 Å². The molecule has 0 radical (unpaired) electrons. The lowest BCUT2D eigenvalue weighted by molar-refractivity contribution is -0.137. The van der Waals surface area contributed by atoms with Gasteiger partial charge in [0.1, 0.15) is 5.52 Å². The van der Waals surface area contributed by atoms with Crippen LogP contribution in [0.5, 0.6) is 0 Å². The van der Waals surface area contributed by atoms with Gasteiger partial charge in [-0.3, -0.25) is 0 Å². The molecule has 30 heavy (non-hydrogen) atoms. The van der Waals surface area contributed by atoms with Crippen LogP contribution in [0.25, 0.3) is 10.9 Å². The van der Waals surface area contributed by atoms with Crippen LogP contribution >= 0.6 is 0 Å². The van der Waals surface area contributed by atoms with E-state index in [9.17, 15) is 13.2 Å². The minimum absolute atomic E-state index is 0.0166. The summed E-state index contributed by atoms with van der Waals surface area (Å²) in [5.74, 6) is -0.954. The predicted octanol–water partition coefficient (Wildman–Crippen LogP) is 4.50. The highest BCUT2D eigenvalue weighted by Gasteiger charge is 2.55. The van der Waals surface area contributed by atoms with Crippen LogP contribution in [0, 0.1) is 12.7 Å². The first-order valence-electron chi connectivity index (χ1n) is 10.1. The molecule has 4 rings (SSSR count). The molecule has 0 N–H and O–H groups in total. The molecule has 2 aromatic rings. The average Bonchev–Trinajstić information content (AvgIpc) is 3.16. The summed E-state index contributed by atoms with van der Waals surface area (Å²) in [6, 6.07) is 0. The van der Waals surface area contributed by atoms with Gasteiger partial charge in [-0.1, -0.05) is 0 Å².